The van der Waals surface area contributed by atoms with Crippen molar-refractivity contribution in [2.75, 3.05) is 13.1 Å². The summed E-state index contributed by atoms with van der Waals surface area (Å²) in [6.45, 7) is 10.5. The average Bonchev–Trinajstić information content (AvgIpc) is 3.64. The minimum absolute atomic E-state index is 0.00820. The van der Waals surface area contributed by atoms with Crippen LogP contribution in [0.25, 0.3) is 0 Å². The first-order chi connectivity index (χ1) is 18.5. The summed E-state index contributed by atoms with van der Waals surface area (Å²) >= 11 is 0. The topological polar surface area (TPSA) is 70.0 Å². The molecular formula is C33H43F3N2O2. The Kier molecular flexibility index (Phi) is 5.87. The Hall–Kier alpha value is -1.94. The molecule has 0 bridgehead atoms. The molecule has 7 heteroatoms. The summed E-state index contributed by atoms with van der Waals surface area (Å²) in [4.78, 5) is 27.7. The largest absolute Gasteiger partial charge is 0.401 e. The summed E-state index contributed by atoms with van der Waals surface area (Å²) in [5, 5.41) is 12.7. The number of halogens is 3. The van der Waals surface area contributed by atoms with Crippen LogP contribution in [0.5, 0.6) is 0 Å². The Balaban J connectivity index is 1.44. The second-order valence-corrected chi connectivity index (χ2v) is 15.8. The van der Waals surface area contributed by atoms with Crippen LogP contribution >= 0.6 is 0 Å². The zero-order chi connectivity index (χ0) is 29.1. The van der Waals surface area contributed by atoms with Gasteiger partial charge in [0.15, 0.2) is 11.6 Å². The molecule has 0 saturated heterocycles. The molecule has 0 aromatic rings. The van der Waals surface area contributed by atoms with Crippen molar-refractivity contribution in [3.05, 3.63) is 23.3 Å². The third-order valence-corrected chi connectivity index (χ3v) is 13.3. The van der Waals surface area contributed by atoms with Gasteiger partial charge in [0.05, 0.1) is 12.1 Å². The van der Waals surface area contributed by atoms with Crippen molar-refractivity contribution in [2.45, 2.75) is 98.6 Å². The molecule has 0 heterocycles. The van der Waals surface area contributed by atoms with E-state index < -0.39 is 23.6 Å². The first kappa shape index (κ1) is 28.2. The van der Waals surface area contributed by atoms with Crippen LogP contribution < -0.4 is 5.32 Å². The molecule has 0 aromatic carbocycles. The Morgan fingerprint density at radius 2 is 1.68 bits per heavy atom. The molecule has 1 spiro atoms. The van der Waals surface area contributed by atoms with Gasteiger partial charge in [0.25, 0.3) is 0 Å². The van der Waals surface area contributed by atoms with Gasteiger partial charge in [-0.3, -0.25) is 9.59 Å². The van der Waals surface area contributed by atoms with Crippen molar-refractivity contribution in [2.24, 2.45) is 50.2 Å². The number of nitrogens with zero attached hydrogens (tertiary/aromatic N) is 1. The third-order valence-electron chi connectivity index (χ3n) is 13.3. The zero-order valence-corrected chi connectivity index (χ0v) is 24.6. The molecule has 6 rings (SSSR count). The summed E-state index contributed by atoms with van der Waals surface area (Å²) in [5.41, 5.74) is -0.593. The van der Waals surface area contributed by atoms with Crippen LogP contribution in [0.2, 0.25) is 0 Å². The summed E-state index contributed by atoms with van der Waals surface area (Å²) in [6, 6.07) is 2.19. The molecule has 1 N–H and O–H groups in total. The van der Waals surface area contributed by atoms with E-state index in [9.17, 15) is 28.0 Å². The van der Waals surface area contributed by atoms with Gasteiger partial charge in [-0.25, -0.2) is 0 Å². The maximum Gasteiger partial charge on any atom is 0.401 e. The summed E-state index contributed by atoms with van der Waals surface area (Å²) in [7, 11) is 0. The number of carbonyl (C=O) groups is 2. The van der Waals surface area contributed by atoms with E-state index in [1.807, 2.05) is 12.2 Å². The predicted molar refractivity (Wildman–Crippen MR) is 146 cm³/mol. The van der Waals surface area contributed by atoms with E-state index >= 15 is 0 Å². The second kappa shape index (κ2) is 8.33. The van der Waals surface area contributed by atoms with Gasteiger partial charge in [-0.05, 0) is 97.4 Å². The van der Waals surface area contributed by atoms with Crippen LogP contribution in [-0.4, -0.2) is 30.8 Å². The van der Waals surface area contributed by atoms with E-state index in [1.54, 1.807) is 0 Å². The van der Waals surface area contributed by atoms with Crippen molar-refractivity contribution in [1.82, 2.24) is 5.32 Å². The van der Waals surface area contributed by atoms with Crippen molar-refractivity contribution >= 4 is 11.6 Å². The molecular weight excluding hydrogens is 513 g/mol. The molecule has 4 nitrogen and oxygen atoms in total. The van der Waals surface area contributed by atoms with E-state index in [0.29, 0.717) is 6.54 Å². The predicted octanol–water partition coefficient (Wildman–Crippen LogP) is 7.11. The fourth-order valence-electron chi connectivity index (χ4n) is 10.9. The van der Waals surface area contributed by atoms with Gasteiger partial charge in [0.2, 0.25) is 0 Å². The number of nitriles is 1. The van der Waals surface area contributed by atoms with Crippen LogP contribution in [0, 0.1) is 61.6 Å². The van der Waals surface area contributed by atoms with Gasteiger partial charge in [-0.2, -0.15) is 18.4 Å². The molecule has 0 radical (unpaired) electrons. The maximum atomic E-state index is 14.5. The highest BCUT2D eigenvalue weighted by Crippen LogP contribution is 2.76. The highest BCUT2D eigenvalue weighted by molar-refractivity contribution is 6.06. The molecule has 218 valence electrons. The van der Waals surface area contributed by atoms with Crippen molar-refractivity contribution in [3.63, 3.8) is 0 Å². The highest BCUT2D eigenvalue weighted by atomic mass is 19.4. The highest BCUT2D eigenvalue weighted by Gasteiger charge is 2.72. The molecule has 6 aliphatic rings. The summed E-state index contributed by atoms with van der Waals surface area (Å²) < 4.78 is 39.4. The van der Waals surface area contributed by atoms with Gasteiger partial charge < -0.3 is 5.32 Å². The maximum absolute atomic E-state index is 14.5. The lowest BCUT2D eigenvalue weighted by atomic mass is 9.34. The third kappa shape index (κ3) is 3.66. The smallest absolute Gasteiger partial charge is 0.308 e. The average molecular weight is 557 g/mol. The van der Waals surface area contributed by atoms with Crippen molar-refractivity contribution < 1.29 is 22.8 Å². The van der Waals surface area contributed by atoms with Gasteiger partial charge in [-0.15, -0.1) is 0 Å². The lowest BCUT2D eigenvalue weighted by Gasteiger charge is -2.69. The van der Waals surface area contributed by atoms with E-state index in [2.05, 4.69) is 46.0 Å². The van der Waals surface area contributed by atoms with Crippen LogP contribution in [0.15, 0.2) is 23.3 Å². The molecule has 0 unspecified atom stereocenters. The number of Topliss-reactive ketones (excluding diaryl/α,β-unsaturated/α-hetero) is 1. The number of carbonyl (C=O) groups excluding carboxylic acids is 2. The standard InChI is InChI=1S/C33H43F3N2O2/c1-27(2)8-10-31(18-38-19-33(34,35)36)11-9-30(5)25(21(31)16-27)22(39)14-24-28(3)15-20(17-37)26(40)32(12-13-32)23(28)6-7-29(24,30)4/h14-15,21,23,25,38H,6-13,16,18-19H2,1-5H3/t21-,23+,25-,28-,29+,30+,31+/m0/s1. The molecule has 4 saturated carbocycles. The minimum atomic E-state index is -4.26. The summed E-state index contributed by atoms with van der Waals surface area (Å²) in [5.74, 6) is -0.0442. The Bertz CT molecular complexity index is 1270. The number of ketones is 2. The Labute approximate surface area is 236 Å². The first-order valence-electron chi connectivity index (χ1n) is 15.2. The molecule has 0 amide bonds. The SMILES string of the molecule is CC1(C)CC[C@]2(CNCC(F)(F)F)CC[C@]3(C)[C@H](C(=O)C=C4[C@@]5(C)C=C(C#N)C(=O)C6(CC6)[C@@H]5CC[C@]43C)[C@@H]2C1. The van der Waals surface area contributed by atoms with Crippen LogP contribution in [-0.2, 0) is 9.59 Å². The van der Waals surface area contributed by atoms with E-state index in [-0.39, 0.29) is 56.6 Å². The molecule has 6 aliphatic carbocycles. The Morgan fingerprint density at radius 1 is 1.00 bits per heavy atom. The monoisotopic (exact) mass is 556 g/mol. The normalized spacial score (nSPS) is 44.8. The van der Waals surface area contributed by atoms with Crippen molar-refractivity contribution in [1.29, 1.82) is 5.26 Å². The fourth-order valence-corrected chi connectivity index (χ4v) is 10.9. The van der Waals surface area contributed by atoms with E-state index in [0.717, 1.165) is 63.4 Å². The van der Waals surface area contributed by atoms with Gasteiger partial charge in [0.1, 0.15) is 6.07 Å². The fraction of sp³-hybridized carbons (Fsp3) is 0.788. The molecule has 40 heavy (non-hydrogen) atoms. The second-order valence-electron chi connectivity index (χ2n) is 15.8. The number of allylic oxidation sites excluding steroid dienone is 4. The lowest BCUT2D eigenvalue weighted by Crippen LogP contribution is -2.65. The number of hydrogen-bond donors (Lipinski definition) is 1. The van der Waals surface area contributed by atoms with Gasteiger partial charge in [-0.1, -0.05) is 46.3 Å². The zero-order valence-electron chi connectivity index (χ0n) is 24.6. The molecule has 7 atom stereocenters. The number of hydrogen-bond acceptors (Lipinski definition) is 4. The van der Waals surface area contributed by atoms with Crippen LogP contribution in [0.3, 0.4) is 0 Å². The van der Waals surface area contributed by atoms with Crippen molar-refractivity contribution in [3.8, 4) is 6.07 Å². The number of nitrogens with one attached hydrogen (secondary N) is 1. The number of alkyl halides is 3. The molecule has 4 fully saturated rings. The van der Waals surface area contributed by atoms with Crippen LogP contribution in [0.1, 0.15) is 92.4 Å². The lowest BCUT2D eigenvalue weighted by molar-refractivity contribution is -0.171. The quantitative estimate of drug-likeness (QED) is 0.402. The Morgan fingerprint density at radius 3 is 2.30 bits per heavy atom. The number of fused-ring (bicyclic) bond motifs is 8. The first-order valence-corrected chi connectivity index (χ1v) is 15.2. The molecule has 0 aliphatic heterocycles. The van der Waals surface area contributed by atoms with E-state index in [1.165, 1.54) is 0 Å². The summed E-state index contributed by atoms with van der Waals surface area (Å²) in [6.07, 6.45) is 7.13. The van der Waals surface area contributed by atoms with E-state index in [4.69, 9.17) is 0 Å². The van der Waals surface area contributed by atoms with Gasteiger partial charge in [0, 0.05) is 23.3 Å². The minimum Gasteiger partial charge on any atom is -0.308 e. The van der Waals surface area contributed by atoms with Crippen LogP contribution in [0.4, 0.5) is 13.2 Å². The van der Waals surface area contributed by atoms with Gasteiger partial charge >= 0.3 is 6.18 Å². The number of rotatable bonds is 3. The molecule has 0 aromatic heterocycles.